The van der Waals surface area contributed by atoms with Gasteiger partial charge in [0.05, 0.1) is 31.3 Å². The van der Waals surface area contributed by atoms with Crippen molar-refractivity contribution in [3.05, 3.63) is 66.0 Å². The Morgan fingerprint density at radius 1 is 1.17 bits per heavy atom. The Labute approximate surface area is 174 Å². The molecule has 4 heterocycles. The van der Waals surface area contributed by atoms with E-state index in [0.717, 1.165) is 34.9 Å². The third kappa shape index (κ3) is 2.89. The van der Waals surface area contributed by atoms with Gasteiger partial charge in [0.15, 0.2) is 5.76 Å². The molecule has 0 aliphatic carbocycles. The molecule has 0 bridgehead atoms. The fraction of sp³-hybridized carbons (Fsp3) is 0.304. The lowest BCUT2D eigenvalue weighted by Crippen LogP contribution is -2.36. The summed E-state index contributed by atoms with van der Waals surface area (Å²) in [5, 5.41) is 0. The molecule has 7 nitrogen and oxygen atoms in total. The molecule has 0 saturated heterocycles. The second-order valence-electron chi connectivity index (χ2n) is 7.84. The van der Waals surface area contributed by atoms with Crippen molar-refractivity contribution in [1.82, 2.24) is 18.9 Å². The predicted octanol–water partition coefficient (Wildman–Crippen LogP) is 4.18. The van der Waals surface area contributed by atoms with Crippen molar-refractivity contribution in [2.75, 3.05) is 13.7 Å². The summed E-state index contributed by atoms with van der Waals surface area (Å²) in [5.74, 6) is 2.03. The van der Waals surface area contributed by atoms with Crippen molar-refractivity contribution in [1.29, 1.82) is 0 Å². The van der Waals surface area contributed by atoms with Crippen LogP contribution in [0.15, 0.2) is 53.3 Å². The standard InChI is InChI=1S/C23H24N4O3/c1-15(2)27-19-10-11-25(22(28)21-5-4-12-30-21)14-20(19)26-13-18(24-23(26)27)16-6-8-17(29-3)9-7-16/h4-9,12-13,15H,10-11,14H2,1-3H3. The zero-order valence-corrected chi connectivity index (χ0v) is 17.3. The van der Waals surface area contributed by atoms with E-state index in [9.17, 15) is 4.79 Å². The van der Waals surface area contributed by atoms with Crippen LogP contribution in [0.2, 0.25) is 0 Å². The van der Waals surface area contributed by atoms with Gasteiger partial charge in [-0.2, -0.15) is 0 Å². The van der Waals surface area contributed by atoms with Gasteiger partial charge in [0.25, 0.3) is 5.91 Å². The summed E-state index contributed by atoms with van der Waals surface area (Å²) in [5.41, 5.74) is 4.29. The molecule has 7 heteroatoms. The Bertz CT molecular complexity index is 1200. The van der Waals surface area contributed by atoms with Crippen LogP contribution in [0.3, 0.4) is 0 Å². The molecule has 154 valence electrons. The van der Waals surface area contributed by atoms with Crippen molar-refractivity contribution in [2.45, 2.75) is 32.9 Å². The van der Waals surface area contributed by atoms with E-state index in [1.807, 2.05) is 29.2 Å². The van der Waals surface area contributed by atoms with E-state index in [0.29, 0.717) is 18.8 Å². The van der Waals surface area contributed by atoms with Crippen molar-refractivity contribution in [3.8, 4) is 17.0 Å². The molecule has 5 rings (SSSR count). The number of fused-ring (bicyclic) bond motifs is 3. The molecule has 1 amide bonds. The van der Waals surface area contributed by atoms with Gasteiger partial charge in [-0.25, -0.2) is 4.98 Å². The first-order valence-electron chi connectivity index (χ1n) is 10.1. The maximum absolute atomic E-state index is 12.8. The molecule has 1 aliphatic rings. The van der Waals surface area contributed by atoms with Gasteiger partial charge in [-0.05, 0) is 50.2 Å². The first kappa shape index (κ1) is 18.5. The number of carbonyl (C=O) groups excluding carboxylic acids is 1. The number of amides is 1. The summed E-state index contributed by atoms with van der Waals surface area (Å²) in [6.45, 7) is 5.53. The minimum atomic E-state index is -0.0772. The van der Waals surface area contributed by atoms with Crippen LogP contribution < -0.4 is 4.74 Å². The van der Waals surface area contributed by atoms with Crippen LogP contribution >= 0.6 is 0 Å². The molecule has 4 aromatic rings. The molecule has 0 saturated carbocycles. The lowest BCUT2D eigenvalue weighted by Gasteiger charge is -2.27. The molecular weight excluding hydrogens is 380 g/mol. The first-order valence-corrected chi connectivity index (χ1v) is 10.1. The summed E-state index contributed by atoms with van der Waals surface area (Å²) < 4.78 is 15.0. The number of benzene rings is 1. The highest BCUT2D eigenvalue weighted by molar-refractivity contribution is 5.91. The molecular formula is C23H24N4O3. The Balaban J connectivity index is 1.57. The second-order valence-corrected chi connectivity index (χ2v) is 7.84. The van der Waals surface area contributed by atoms with E-state index in [2.05, 4.69) is 29.0 Å². The number of imidazole rings is 2. The monoisotopic (exact) mass is 404 g/mol. The van der Waals surface area contributed by atoms with Crippen LogP contribution in [0, 0.1) is 0 Å². The van der Waals surface area contributed by atoms with Gasteiger partial charge in [-0.1, -0.05) is 0 Å². The fourth-order valence-electron chi connectivity index (χ4n) is 4.24. The Morgan fingerprint density at radius 2 is 1.97 bits per heavy atom. The number of furan rings is 1. The number of rotatable bonds is 4. The lowest BCUT2D eigenvalue weighted by atomic mass is 10.1. The van der Waals surface area contributed by atoms with Gasteiger partial charge in [0.2, 0.25) is 5.78 Å². The van der Waals surface area contributed by atoms with Gasteiger partial charge < -0.3 is 18.6 Å². The fourth-order valence-corrected chi connectivity index (χ4v) is 4.24. The number of hydrogen-bond acceptors (Lipinski definition) is 4. The number of carbonyl (C=O) groups is 1. The quantitative estimate of drug-likeness (QED) is 0.512. The summed E-state index contributed by atoms with van der Waals surface area (Å²) in [7, 11) is 1.66. The third-order valence-corrected chi connectivity index (χ3v) is 5.70. The van der Waals surface area contributed by atoms with Gasteiger partial charge in [-0.15, -0.1) is 0 Å². The average Bonchev–Trinajstić information content (AvgIpc) is 3.48. The molecule has 0 fully saturated rings. The highest BCUT2D eigenvalue weighted by atomic mass is 16.5. The number of ether oxygens (including phenoxy) is 1. The predicted molar refractivity (Wildman–Crippen MR) is 113 cm³/mol. The molecule has 0 radical (unpaired) electrons. The van der Waals surface area contributed by atoms with Crippen molar-refractivity contribution in [2.24, 2.45) is 0 Å². The third-order valence-electron chi connectivity index (χ3n) is 5.70. The summed E-state index contributed by atoms with van der Waals surface area (Å²) >= 11 is 0. The number of aromatic nitrogens is 3. The minimum absolute atomic E-state index is 0.0772. The van der Waals surface area contributed by atoms with Crippen molar-refractivity contribution in [3.63, 3.8) is 0 Å². The molecule has 0 spiro atoms. The zero-order chi connectivity index (χ0) is 20.8. The summed E-state index contributed by atoms with van der Waals surface area (Å²) in [6, 6.07) is 11.6. The molecule has 0 unspecified atom stereocenters. The van der Waals surface area contributed by atoms with Gasteiger partial charge in [0, 0.05) is 36.5 Å². The number of hydrogen-bond donors (Lipinski definition) is 0. The van der Waals surface area contributed by atoms with Crippen LogP contribution in [-0.2, 0) is 13.0 Å². The van der Waals surface area contributed by atoms with Crippen LogP contribution in [0.1, 0.15) is 41.8 Å². The summed E-state index contributed by atoms with van der Waals surface area (Å²) in [4.78, 5) is 19.6. The maximum Gasteiger partial charge on any atom is 0.289 e. The second kappa shape index (κ2) is 7.09. The zero-order valence-electron chi connectivity index (χ0n) is 17.3. The molecule has 1 aliphatic heterocycles. The highest BCUT2D eigenvalue weighted by Crippen LogP contribution is 2.31. The van der Waals surface area contributed by atoms with Crippen LogP contribution in [0.5, 0.6) is 5.75 Å². The summed E-state index contributed by atoms with van der Waals surface area (Å²) in [6.07, 6.45) is 4.39. The van der Waals surface area contributed by atoms with Crippen molar-refractivity contribution >= 4 is 11.7 Å². The van der Waals surface area contributed by atoms with E-state index in [1.54, 1.807) is 19.2 Å². The SMILES string of the molecule is COc1ccc(-c2cn3c4c(n(C(C)C)c3n2)CCN(C(=O)c2ccco2)C4)cc1. The smallest absolute Gasteiger partial charge is 0.289 e. The Kier molecular flexibility index (Phi) is 4.38. The highest BCUT2D eigenvalue weighted by Gasteiger charge is 2.30. The van der Waals surface area contributed by atoms with E-state index >= 15 is 0 Å². The lowest BCUT2D eigenvalue weighted by molar-refractivity contribution is 0.0697. The van der Waals surface area contributed by atoms with E-state index < -0.39 is 0 Å². The van der Waals surface area contributed by atoms with E-state index in [-0.39, 0.29) is 11.9 Å². The van der Waals surface area contributed by atoms with E-state index in [4.69, 9.17) is 14.1 Å². The average molecular weight is 404 g/mol. The van der Waals surface area contributed by atoms with Gasteiger partial charge in [-0.3, -0.25) is 9.20 Å². The van der Waals surface area contributed by atoms with Gasteiger partial charge in [0.1, 0.15) is 5.75 Å². The topological polar surface area (TPSA) is 64.9 Å². The van der Waals surface area contributed by atoms with Crippen LogP contribution in [0.25, 0.3) is 17.0 Å². The minimum Gasteiger partial charge on any atom is -0.497 e. The number of nitrogens with zero attached hydrogens (tertiary/aromatic N) is 4. The molecule has 1 aromatic carbocycles. The maximum atomic E-state index is 12.8. The normalized spacial score (nSPS) is 13.8. The van der Waals surface area contributed by atoms with E-state index in [1.165, 1.54) is 12.0 Å². The molecule has 3 aromatic heterocycles. The van der Waals surface area contributed by atoms with Crippen molar-refractivity contribution < 1.29 is 13.9 Å². The van der Waals surface area contributed by atoms with Gasteiger partial charge >= 0.3 is 0 Å². The van der Waals surface area contributed by atoms with Crippen LogP contribution in [-0.4, -0.2) is 38.4 Å². The Morgan fingerprint density at radius 3 is 2.63 bits per heavy atom. The van der Waals surface area contributed by atoms with Crippen LogP contribution in [0.4, 0.5) is 0 Å². The first-order chi connectivity index (χ1) is 14.6. The molecule has 0 N–H and O–H groups in total. The molecule has 30 heavy (non-hydrogen) atoms. The number of methoxy groups -OCH3 is 1. The largest absolute Gasteiger partial charge is 0.497 e. The molecule has 0 atom stereocenters. The Hall–Kier alpha value is -3.48.